The zero-order valence-corrected chi connectivity index (χ0v) is 13.8. The Morgan fingerprint density at radius 2 is 2.22 bits per heavy atom. The third kappa shape index (κ3) is 4.96. The molecular formula is C15H17N3O4S. The Morgan fingerprint density at radius 3 is 2.87 bits per heavy atom. The van der Waals surface area contributed by atoms with Crippen LogP contribution < -0.4 is 14.9 Å². The van der Waals surface area contributed by atoms with Gasteiger partial charge in [-0.1, -0.05) is 0 Å². The maximum absolute atomic E-state index is 10.9. The van der Waals surface area contributed by atoms with E-state index < -0.39 is 6.09 Å². The molecule has 122 valence electrons. The summed E-state index contributed by atoms with van der Waals surface area (Å²) in [5.74, 6) is 1.18. The number of aromatic nitrogens is 1. The largest absolute Gasteiger partial charge is 0.493 e. The highest BCUT2D eigenvalue weighted by atomic mass is 32.1. The predicted molar refractivity (Wildman–Crippen MR) is 87.3 cm³/mol. The molecule has 1 heterocycles. The van der Waals surface area contributed by atoms with Crippen LogP contribution >= 0.6 is 11.3 Å². The van der Waals surface area contributed by atoms with E-state index in [0.717, 1.165) is 16.3 Å². The Labute approximate surface area is 137 Å². The Balaban J connectivity index is 2.02. The summed E-state index contributed by atoms with van der Waals surface area (Å²) >= 11 is 1.58. The van der Waals surface area contributed by atoms with Crippen LogP contribution in [0.1, 0.15) is 16.3 Å². The van der Waals surface area contributed by atoms with Crippen molar-refractivity contribution in [3.8, 4) is 11.5 Å². The van der Waals surface area contributed by atoms with Gasteiger partial charge in [0.25, 0.3) is 0 Å². The van der Waals surface area contributed by atoms with E-state index >= 15 is 0 Å². The summed E-state index contributed by atoms with van der Waals surface area (Å²) in [6.07, 6.45) is 0.847. The van der Waals surface area contributed by atoms with E-state index in [1.54, 1.807) is 36.6 Å². The molecule has 0 aliphatic carbocycles. The van der Waals surface area contributed by atoms with Crippen molar-refractivity contribution < 1.29 is 19.0 Å². The van der Waals surface area contributed by atoms with Crippen LogP contribution in [-0.4, -0.2) is 31.5 Å². The summed E-state index contributed by atoms with van der Waals surface area (Å²) in [6, 6.07) is 5.33. The first-order chi connectivity index (χ1) is 11.1. The first-order valence-corrected chi connectivity index (χ1v) is 7.59. The molecule has 7 nitrogen and oxygen atoms in total. The number of carbonyl (C=O) groups excluding carboxylic acids is 1. The Hall–Kier alpha value is -2.61. The van der Waals surface area contributed by atoms with Crippen LogP contribution in [0.15, 0.2) is 28.7 Å². The van der Waals surface area contributed by atoms with Crippen LogP contribution in [0.3, 0.4) is 0 Å². The summed E-state index contributed by atoms with van der Waals surface area (Å²) in [4.78, 5) is 15.2. The van der Waals surface area contributed by atoms with E-state index in [-0.39, 0.29) is 0 Å². The van der Waals surface area contributed by atoms with Crippen molar-refractivity contribution >= 4 is 23.6 Å². The molecule has 23 heavy (non-hydrogen) atoms. The van der Waals surface area contributed by atoms with Crippen molar-refractivity contribution in [3.05, 3.63) is 39.8 Å². The molecule has 1 amide bonds. The van der Waals surface area contributed by atoms with Gasteiger partial charge in [-0.05, 0) is 30.7 Å². The van der Waals surface area contributed by atoms with Gasteiger partial charge in [-0.25, -0.2) is 15.2 Å². The number of nitrogens with zero attached hydrogens (tertiary/aromatic N) is 2. The van der Waals surface area contributed by atoms with Crippen LogP contribution in [0.25, 0.3) is 0 Å². The van der Waals surface area contributed by atoms with Gasteiger partial charge in [-0.15, -0.1) is 11.3 Å². The number of hydrazone groups is 1. The topological polar surface area (TPSA) is 82.0 Å². The highest BCUT2D eigenvalue weighted by Gasteiger charge is 2.07. The van der Waals surface area contributed by atoms with Crippen LogP contribution in [0.5, 0.6) is 11.5 Å². The summed E-state index contributed by atoms with van der Waals surface area (Å²) in [6.45, 7) is 2.32. The molecule has 0 fully saturated rings. The maximum atomic E-state index is 10.9. The van der Waals surface area contributed by atoms with E-state index in [4.69, 9.17) is 9.47 Å². The van der Waals surface area contributed by atoms with Crippen LogP contribution in [0, 0.1) is 6.92 Å². The number of thiazole rings is 1. The van der Waals surface area contributed by atoms with Gasteiger partial charge in [0.2, 0.25) is 0 Å². The number of rotatable bonds is 6. The lowest BCUT2D eigenvalue weighted by atomic mass is 10.2. The fraction of sp³-hybridized carbons (Fsp3) is 0.267. The monoisotopic (exact) mass is 335 g/mol. The molecule has 2 aromatic rings. The fourth-order valence-electron chi connectivity index (χ4n) is 1.72. The van der Waals surface area contributed by atoms with Gasteiger partial charge < -0.3 is 14.2 Å². The van der Waals surface area contributed by atoms with Gasteiger partial charge in [0, 0.05) is 5.38 Å². The fourth-order valence-corrected chi connectivity index (χ4v) is 2.31. The Morgan fingerprint density at radius 1 is 1.39 bits per heavy atom. The van der Waals surface area contributed by atoms with Gasteiger partial charge in [0.05, 0.1) is 31.1 Å². The normalized spacial score (nSPS) is 10.6. The number of hydrogen-bond acceptors (Lipinski definition) is 7. The number of aryl methyl sites for hydroxylation is 1. The predicted octanol–water partition coefficient (Wildman–Crippen LogP) is 2.73. The van der Waals surface area contributed by atoms with Crippen molar-refractivity contribution in [2.45, 2.75) is 13.5 Å². The van der Waals surface area contributed by atoms with Crippen molar-refractivity contribution in [1.29, 1.82) is 0 Å². The highest BCUT2D eigenvalue weighted by molar-refractivity contribution is 7.09. The molecular weight excluding hydrogens is 318 g/mol. The molecule has 0 aliphatic rings. The first-order valence-electron chi connectivity index (χ1n) is 6.71. The van der Waals surface area contributed by atoms with Crippen LogP contribution in [-0.2, 0) is 11.3 Å². The third-order valence-electron chi connectivity index (χ3n) is 2.78. The molecule has 0 atom stereocenters. The average Bonchev–Trinajstić information content (AvgIpc) is 2.98. The lowest BCUT2D eigenvalue weighted by Gasteiger charge is -2.10. The second kappa shape index (κ2) is 8.14. The molecule has 1 aromatic heterocycles. The van der Waals surface area contributed by atoms with E-state index in [1.807, 2.05) is 12.3 Å². The summed E-state index contributed by atoms with van der Waals surface area (Å²) in [5.41, 5.74) is 3.83. The lowest BCUT2D eigenvalue weighted by Crippen LogP contribution is -2.16. The quantitative estimate of drug-likeness (QED) is 0.648. The second-order valence-corrected chi connectivity index (χ2v) is 5.48. The van der Waals surface area contributed by atoms with Gasteiger partial charge in [-0.3, -0.25) is 0 Å². The smallest absolute Gasteiger partial charge is 0.427 e. The summed E-state index contributed by atoms with van der Waals surface area (Å²) < 4.78 is 15.5. The van der Waals surface area contributed by atoms with Crippen LogP contribution in [0.4, 0.5) is 4.79 Å². The highest BCUT2D eigenvalue weighted by Crippen LogP contribution is 2.28. The van der Waals surface area contributed by atoms with Crippen molar-refractivity contribution in [1.82, 2.24) is 10.4 Å². The van der Waals surface area contributed by atoms with Crippen molar-refractivity contribution in [2.24, 2.45) is 5.10 Å². The minimum Gasteiger partial charge on any atom is -0.493 e. The summed E-state index contributed by atoms with van der Waals surface area (Å²) in [5, 5.41) is 6.72. The van der Waals surface area contributed by atoms with Gasteiger partial charge in [-0.2, -0.15) is 5.10 Å². The van der Waals surface area contributed by atoms with Crippen molar-refractivity contribution in [2.75, 3.05) is 14.2 Å². The number of amides is 1. The minimum absolute atomic E-state index is 0.373. The standard InChI is InChI=1S/C15H17N3O4S/c1-10-17-12(9-23-10)8-22-13-5-4-11(6-14(13)20-2)7-16-18-15(19)21-3/h4-7,9H,8H2,1-3H3,(H,18,19)/b16-7-. The molecule has 0 aliphatic heterocycles. The van der Waals surface area contributed by atoms with Gasteiger partial charge in [0.15, 0.2) is 11.5 Å². The molecule has 0 spiro atoms. The Kier molecular flexibility index (Phi) is 5.93. The lowest BCUT2D eigenvalue weighted by molar-refractivity contribution is 0.171. The molecule has 2 rings (SSSR count). The number of nitrogens with one attached hydrogen (secondary N) is 1. The number of carbonyl (C=O) groups is 1. The molecule has 1 N–H and O–H groups in total. The van der Waals surface area contributed by atoms with Gasteiger partial charge in [0.1, 0.15) is 6.61 Å². The number of benzene rings is 1. The second-order valence-electron chi connectivity index (χ2n) is 4.42. The minimum atomic E-state index is -0.633. The van der Waals surface area contributed by atoms with E-state index in [9.17, 15) is 4.79 Å². The molecule has 0 saturated heterocycles. The van der Waals surface area contributed by atoms with Crippen LogP contribution in [0.2, 0.25) is 0 Å². The first kappa shape index (κ1) is 16.8. The summed E-state index contributed by atoms with van der Waals surface area (Å²) in [7, 11) is 2.83. The molecule has 0 saturated carbocycles. The van der Waals surface area contributed by atoms with E-state index in [0.29, 0.717) is 18.1 Å². The molecule has 0 unspecified atom stereocenters. The molecule has 0 radical (unpaired) electrons. The van der Waals surface area contributed by atoms with E-state index in [2.05, 4.69) is 20.2 Å². The maximum Gasteiger partial charge on any atom is 0.427 e. The number of hydrogen-bond donors (Lipinski definition) is 1. The average molecular weight is 335 g/mol. The van der Waals surface area contributed by atoms with E-state index in [1.165, 1.54) is 13.3 Å². The SMILES string of the molecule is COC(=O)N/N=C\c1ccc(OCc2csc(C)n2)c(OC)c1. The zero-order chi connectivity index (χ0) is 16.7. The molecule has 0 bridgehead atoms. The van der Waals surface area contributed by atoms with Crippen molar-refractivity contribution in [3.63, 3.8) is 0 Å². The third-order valence-corrected chi connectivity index (χ3v) is 3.61. The molecule has 8 heteroatoms. The van der Waals surface area contributed by atoms with Gasteiger partial charge >= 0.3 is 6.09 Å². The Bertz CT molecular complexity index is 700. The number of ether oxygens (including phenoxy) is 3. The zero-order valence-electron chi connectivity index (χ0n) is 13.0. The molecule has 1 aromatic carbocycles. The number of methoxy groups -OCH3 is 2.